The van der Waals surface area contributed by atoms with E-state index in [9.17, 15) is 4.79 Å². The van der Waals surface area contributed by atoms with Crippen molar-refractivity contribution in [1.82, 2.24) is 0 Å². The number of carbonyl (C=O) groups is 1. The van der Waals surface area contributed by atoms with Crippen LogP contribution in [0.15, 0.2) is 42.5 Å². The van der Waals surface area contributed by atoms with Crippen LogP contribution in [0.5, 0.6) is 0 Å². The minimum absolute atomic E-state index is 0.0126. The second-order valence-electron chi connectivity index (χ2n) is 4.42. The first-order valence-electron chi connectivity index (χ1n) is 5.56. The van der Waals surface area contributed by atoms with Crippen LogP contribution < -0.4 is 11.5 Å². The van der Waals surface area contributed by atoms with Crippen LogP contribution in [0.1, 0.15) is 18.9 Å². The normalized spacial score (nSPS) is 23.3. The number of ketones is 1. The van der Waals surface area contributed by atoms with Gasteiger partial charge in [0.15, 0.2) is 5.78 Å². The fourth-order valence-corrected chi connectivity index (χ4v) is 1.80. The molecule has 0 radical (unpaired) electrons. The van der Waals surface area contributed by atoms with Gasteiger partial charge in [0.2, 0.25) is 0 Å². The Morgan fingerprint density at radius 2 is 1.94 bits per heavy atom. The quantitative estimate of drug-likeness (QED) is 0.759. The molecule has 1 aliphatic carbocycles. The maximum atomic E-state index is 11.4. The topological polar surface area (TPSA) is 69.1 Å². The monoisotopic (exact) mass is 228 g/mol. The molecule has 0 aromatic heterocycles. The average molecular weight is 228 g/mol. The molecule has 0 aliphatic heterocycles. The van der Waals surface area contributed by atoms with Gasteiger partial charge in [-0.3, -0.25) is 4.79 Å². The van der Waals surface area contributed by atoms with Crippen molar-refractivity contribution in [1.29, 1.82) is 0 Å². The third kappa shape index (κ3) is 2.29. The summed E-state index contributed by atoms with van der Waals surface area (Å²) in [5.41, 5.74) is 13.7. The highest BCUT2D eigenvalue weighted by Crippen LogP contribution is 2.26. The molecular formula is C14H16N2O. The fourth-order valence-electron chi connectivity index (χ4n) is 1.80. The maximum Gasteiger partial charge on any atom is 0.153 e. The smallest absolute Gasteiger partial charge is 0.153 e. The Balaban J connectivity index is 2.23. The molecule has 1 atom stereocenters. The molecule has 1 unspecified atom stereocenters. The summed E-state index contributed by atoms with van der Waals surface area (Å²) in [6, 6.07) is 7.64. The molecule has 1 aliphatic rings. The first kappa shape index (κ1) is 11.6. The first-order valence-corrected chi connectivity index (χ1v) is 5.56. The molecule has 0 fully saturated rings. The lowest BCUT2D eigenvalue weighted by molar-refractivity contribution is -0.120. The number of allylic oxidation sites excluding steroid dienone is 2. The Hall–Kier alpha value is -1.87. The Kier molecular flexibility index (Phi) is 2.86. The maximum absolute atomic E-state index is 11.4. The molecule has 3 heteroatoms. The summed E-state index contributed by atoms with van der Waals surface area (Å²) >= 11 is 0. The lowest BCUT2D eigenvalue weighted by atomic mass is 9.85. The van der Waals surface area contributed by atoms with Crippen molar-refractivity contribution in [3.8, 4) is 0 Å². The molecule has 2 rings (SSSR count). The van der Waals surface area contributed by atoms with Crippen molar-refractivity contribution in [3.05, 3.63) is 48.1 Å². The molecule has 4 N–H and O–H groups in total. The van der Waals surface area contributed by atoms with Gasteiger partial charge >= 0.3 is 0 Å². The predicted octanol–water partition coefficient (Wildman–Crippen LogP) is 1.90. The number of nitrogen functional groups attached to an aromatic ring is 1. The largest absolute Gasteiger partial charge is 0.399 e. The van der Waals surface area contributed by atoms with Gasteiger partial charge < -0.3 is 11.5 Å². The number of Topliss-reactive ketones (excluding diaryl/α,β-unsaturated/α-hetero) is 1. The minimum atomic E-state index is -0.836. The fraction of sp³-hybridized carbons (Fsp3) is 0.214. The van der Waals surface area contributed by atoms with Crippen LogP contribution in [0.2, 0.25) is 0 Å². The van der Waals surface area contributed by atoms with E-state index in [1.165, 1.54) is 6.92 Å². The third-order valence-corrected chi connectivity index (χ3v) is 3.12. The Morgan fingerprint density at radius 1 is 1.29 bits per heavy atom. The van der Waals surface area contributed by atoms with Crippen molar-refractivity contribution in [2.45, 2.75) is 18.9 Å². The molecule has 0 saturated carbocycles. The summed E-state index contributed by atoms with van der Waals surface area (Å²) in [6.07, 6.45) is 6.21. The van der Waals surface area contributed by atoms with Crippen molar-refractivity contribution in [3.63, 3.8) is 0 Å². The summed E-state index contributed by atoms with van der Waals surface area (Å²) in [5.74, 6) is -0.0126. The lowest BCUT2D eigenvalue weighted by Crippen LogP contribution is -2.45. The molecule has 0 amide bonds. The minimum Gasteiger partial charge on any atom is -0.399 e. The second kappa shape index (κ2) is 4.18. The highest BCUT2D eigenvalue weighted by Gasteiger charge is 2.28. The molecule has 1 aromatic carbocycles. The molecule has 3 nitrogen and oxygen atoms in total. The van der Waals surface area contributed by atoms with E-state index in [1.807, 2.05) is 36.4 Å². The summed E-state index contributed by atoms with van der Waals surface area (Å²) in [6.45, 7) is 1.52. The summed E-state index contributed by atoms with van der Waals surface area (Å²) in [4.78, 5) is 11.4. The van der Waals surface area contributed by atoms with Gasteiger partial charge in [0.25, 0.3) is 0 Å². The predicted molar refractivity (Wildman–Crippen MR) is 70.2 cm³/mol. The van der Waals surface area contributed by atoms with Crippen molar-refractivity contribution >= 4 is 17.0 Å². The van der Waals surface area contributed by atoms with Crippen molar-refractivity contribution in [2.75, 3.05) is 5.73 Å². The van der Waals surface area contributed by atoms with Gasteiger partial charge in [-0.2, -0.15) is 0 Å². The molecule has 17 heavy (non-hydrogen) atoms. The Morgan fingerprint density at radius 3 is 2.41 bits per heavy atom. The molecule has 1 aromatic rings. The third-order valence-electron chi connectivity index (χ3n) is 3.12. The number of hydrogen-bond acceptors (Lipinski definition) is 3. The molecule has 0 saturated heterocycles. The van der Waals surface area contributed by atoms with Gasteiger partial charge in [0.1, 0.15) is 0 Å². The lowest BCUT2D eigenvalue weighted by Gasteiger charge is -2.24. The number of anilines is 1. The van der Waals surface area contributed by atoms with Crippen LogP contribution >= 0.6 is 0 Å². The molecule has 0 heterocycles. The zero-order valence-electron chi connectivity index (χ0n) is 9.81. The van der Waals surface area contributed by atoms with Gasteiger partial charge in [-0.25, -0.2) is 0 Å². The SMILES string of the molecule is CC(=O)C1(N)C=CC(c2ccc(N)cc2)=CC1. The number of carbonyl (C=O) groups excluding carboxylic acids is 1. The van der Waals surface area contributed by atoms with Gasteiger partial charge in [0.05, 0.1) is 5.54 Å². The van der Waals surface area contributed by atoms with Crippen LogP contribution in [0.25, 0.3) is 5.57 Å². The van der Waals surface area contributed by atoms with Crippen molar-refractivity contribution in [2.24, 2.45) is 5.73 Å². The first-order chi connectivity index (χ1) is 8.01. The van der Waals surface area contributed by atoms with Crippen LogP contribution in [0.4, 0.5) is 5.69 Å². The van der Waals surface area contributed by atoms with E-state index >= 15 is 0 Å². The van der Waals surface area contributed by atoms with E-state index in [-0.39, 0.29) is 5.78 Å². The zero-order chi connectivity index (χ0) is 12.5. The van der Waals surface area contributed by atoms with Gasteiger partial charge in [0, 0.05) is 5.69 Å². The molecular weight excluding hydrogens is 212 g/mol. The number of hydrogen-bond donors (Lipinski definition) is 2. The van der Waals surface area contributed by atoms with E-state index in [0.717, 1.165) is 16.8 Å². The van der Waals surface area contributed by atoms with E-state index < -0.39 is 5.54 Å². The number of nitrogens with two attached hydrogens (primary N) is 2. The van der Waals surface area contributed by atoms with E-state index in [0.29, 0.717) is 6.42 Å². The van der Waals surface area contributed by atoms with Crippen LogP contribution in [0, 0.1) is 0 Å². The zero-order valence-corrected chi connectivity index (χ0v) is 9.81. The number of rotatable bonds is 2. The highest BCUT2D eigenvalue weighted by atomic mass is 16.1. The molecule has 0 spiro atoms. The van der Waals surface area contributed by atoms with Crippen LogP contribution in [-0.4, -0.2) is 11.3 Å². The summed E-state index contributed by atoms with van der Waals surface area (Å²) in [7, 11) is 0. The van der Waals surface area contributed by atoms with Gasteiger partial charge in [-0.15, -0.1) is 0 Å². The molecule has 88 valence electrons. The Bertz CT molecular complexity index is 499. The van der Waals surface area contributed by atoms with Gasteiger partial charge in [-0.05, 0) is 36.6 Å². The standard InChI is InChI=1S/C14H16N2O/c1-10(17)14(16)8-6-12(7-9-14)11-2-4-13(15)5-3-11/h2-8H,9,15-16H2,1H3. The van der Waals surface area contributed by atoms with E-state index in [1.54, 1.807) is 6.08 Å². The summed E-state index contributed by atoms with van der Waals surface area (Å²) in [5, 5.41) is 0. The highest BCUT2D eigenvalue weighted by molar-refractivity contribution is 5.91. The van der Waals surface area contributed by atoms with Crippen LogP contribution in [0.3, 0.4) is 0 Å². The van der Waals surface area contributed by atoms with E-state index in [4.69, 9.17) is 11.5 Å². The van der Waals surface area contributed by atoms with Crippen molar-refractivity contribution < 1.29 is 4.79 Å². The van der Waals surface area contributed by atoms with E-state index in [2.05, 4.69) is 0 Å². The number of benzene rings is 1. The van der Waals surface area contributed by atoms with Crippen LogP contribution in [-0.2, 0) is 4.79 Å². The molecule has 0 bridgehead atoms. The average Bonchev–Trinajstić information content (AvgIpc) is 2.31. The second-order valence-corrected chi connectivity index (χ2v) is 4.42. The summed E-state index contributed by atoms with van der Waals surface area (Å²) < 4.78 is 0. The van der Waals surface area contributed by atoms with Gasteiger partial charge in [-0.1, -0.05) is 30.4 Å². The Labute approximate surface area is 101 Å².